The number of amides is 1. The Morgan fingerprint density at radius 2 is 2.00 bits per heavy atom. The molecule has 0 fully saturated rings. The molecule has 2 aromatic heterocycles. The van der Waals surface area contributed by atoms with Gasteiger partial charge in [-0.25, -0.2) is 9.97 Å². The number of para-hydroxylation sites is 1. The first kappa shape index (κ1) is 15.1. The van der Waals surface area contributed by atoms with Gasteiger partial charge in [0.05, 0.1) is 34.8 Å². The summed E-state index contributed by atoms with van der Waals surface area (Å²) in [5, 5.41) is 0.532. The molecule has 0 saturated carbocycles. The van der Waals surface area contributed by atoms with Crippen LogP contribution < -0.4 is 5.56 Å². The van der Waals surface area contributed by atoms with Crippen LogP contribution in [0.3, 0.4) is 0 Å². The number of aromatic nitrogens is 4. The Morgan fingerprint density at radius 3 is 2.88 bits per heavy atom. The van der Waals surface area contributed by atoms with E-state index in [1.54, 1.807) is 49.8 Å². The molecule has 0 radical (unpaired) electrons. The predicted octanol–water partition coefficient (Wildman–Crippen LogP) is 2.07. The molecular formula is C18H15N5O2. The van der Waals surface area contributed by atoms with E-state index in [0.717, 1.165) is 11.0 Å². The molecule has 0 unspecified atom stereocenters. The second kappa shape index (κ2) is 5.86. The first-order valence-electron chi connectivity index (χ1n) is 7.78. The SMILES string of the molecule is CN(Cc1nc2ccccc2c(=O)[nH]1)C(=O)c1ccc2nc[nH]c2c1. The van der Waals surface area contributed by atoms with E-state index in [1.807, 2.05) is 6.07 Å². The van der Waals surface area contributed by atoms with Gasteiger partial charge in [0.25, 0.3) is 11.5 Å². The third kappa shape index (κ3) is 2.76. The van der Waals surface area contributed by atoms with Crippen LogP contribution in [0.25, 0.3) is 21.9 Å². The molecule has 124 valence electrons. The fourth-order valence-corrected chi connectivity index (χ4v) is 2.80. The van der Waals surface area contributed by atoms with Crippen molar-refractivity contribution in [2.75, 3.05) is 7.05 Å². The van der Waals surface area contributed by atoms with E-state index >= 15 is 0 Å². The van der Waals surface area contributed by atoms with E-state index in [1.165, 1.54) is 4.90 Å². The van der Waals surface area contributed by atoms with Crippen molar-refractivity contribution in [1.29, 1.82) is 0 Å². The first-order valence-corrected chi connectivity index (χ1v) is 7.78. The van der Waals surface area contributed by atoms with Gasteiger partial charge < -0.3 is 14.9 Å². The highest BCUT2D eigenvalue weighted by Crippen LogP contribution is 2.14. The lowest BCUT2D eigenvalue weighted by molar-refractivity contribution is 0.0781. The Kier molecular flexibility index (Phi) is 3.53. The molecule has 0 spiro atoms. The largest absolute Gasteiger partial charge is 0.345 e. The topological polar surface area (TPSA) is 94.7 Å². The number of carbonyl (C=O) groups excluding carboxylic acids is 1. The zero-order chi connectivity index (χ0) is 17.4. The van der Waals surface area contributed by atoms with Crippen molar-refractivity contribution in [2.24, 2.45) is 0 Å². The summed E-state index contributed by atoms with van der Waals surface area (Å²) in [4.78, 5) is 40.6. The minimum Gasteiger partial charge on any atom is -0.345 e. The van der Waals surface area contributed by atoms with Gasteiger partial charge in [0.1, 0.15) is 5.82 Å². The number of nitrogens with zero attached hydrogens (tertiary/aromatic N) is 3. The Morgan fingerprint density at radius 1 is 1.16 bits per heavy atom. The number of H-pyrrole nitrogens is 2. The third-order valence-electron chi connectivity index (χ3n) is 4.06. The van der Waals surface area contributed by atoms with Gasteiger partial charge in [-0.1, -0.05) is 12.1 Å². The number of hydrogen-bond donors (Lipinski definition) is 2. The molecule has 7 nitrogen and oxygen atoms in total. The van der Waals surface area contributed by atoms with Crippen LogP contribution in [0.1, 0.15) is 16.2 Å². The number of benzene rings is 2. The molecule has 0 aliphatic carbocycles. The smallest absolute Gasteiger partial charge is 0.258 e. The molecular weight excluding hydrogens is 318 g/mol. The molecule has 0 aliphatic heterocycles. The fourth-order valence-electron chi connectivity index (χ4n) is 2.80. The van der Waals surface area contributed by atoms with Crippen LogP contribution in [0.5, 0.6) is 0 Å². The molecule has 4 aromatic rings. The summed E-state index contributed by atoms with van der Waals surface area (Å²) >= 11 is 0. The average Bonchev–Trinajstić information content (AvgIpc) is 3.08. The molecule has 0 atom stereocenters. The van der Waals surface area contributed by atoms with Gasteiger partial charge in [-0.05, 0) is 30.3 Å². The maximum Gasteiger partial charge on any atom is 0.258 e. The normalized spacial score (nSPS) is 11.1. The molecule has 2 aromatic carbocycles. The van der Waals surface area contributed by atoms with Gasteiger partial charge in [-0.2, -0.15) is 0 Å². The number of fused-ring (bicyclic) bond motifs is 2. The predicted molar refractivity (Wildman–Crippen MR) is 94.3 cm³/mol. The lowest BCUT2D eigenvalue weighted by Crippen LogP contribution is -2.28. The lowest BCUT2D eigenvalue weighted by Gasteiger charge is -2.16. The number of hydrogen-bond acceptors (Lipinski definition) is 4. The second-order valence-corrected chi connectivity index (χ2v) is 5.83. The number of carbonyl (C=O) groups is 1. The van der Waals surface area contributed by atoms with Gasteiger partial charge in [-0.3, -0.25) is 9.59 Å². The van der Waals surface area contributed by atoms with E-state index in [0.29, 0.717) is 22.3 Å². The summed E-state index contributed by atoms with van der Waals surface area (Å²) in [5.74, 6) is 0.287. The highest BCUT2D eigenvalue weighted by Gasteiger charge is 2.14. The van der Waals surface area contributed by atoms with Crippen LogP contribution in [-0.4, -0.2) is 37.8 Å². The lowest BCUT2D eigenvalue weighted by atomic mass is 10.2. The zero-order valence-electron chi connectivity index (χ0n) is 13.5. The highest BCUT2D eigenvalue weighted by molar-refractivity contribution is 5.97. The van der Waals surface area contributed by atoms with Crippen molar-refractivity contribution in [3.8, 4) is 0 Å². The van der Waals surface area contributed by atoms with Gasteiger partial charge in [-0.15, -0.1) is 0 Å². The van der Waals surface area contributed by atoms with Crippen molar-refractivity contribution >= 4 is 27.8 Å². The Balaban J connectivity index is 1.61. The highest BCUT2D eigenvalue weighted by atomic mass is 16.2. The summed E-state index contributed by atoms with van der Waals surface area (Å²) < 4.78 is 0. The van der Waals surface area contributed by atoms with Gasteiger partial charge in [0.15, 0.2) is 0 Å². The molecule has 0 saturated heterocycles. The number of nitrogens with one attached hydrogen (secondary N) is 2. The maximum absolute atomic E-state index is 12.6. The summed E-state index contributed by atoms with van der Waals surface area (Å²) in [6, 6.07) is 12.4. The monoisotopic (exact) mass is 333 g/mol. The average molecular weight is 333 g/mol. The van der Waals surface area contributed by atoms with E-state index < -0.39 is 0 Å². The molecule has 0 aliphatic rings. The molecule has 2 heterocycles. The molecule has 1 amide bonds. The second-order valence-electron chi connectivity index (χ2n) is 5.83. The standard InChI is InChI=1S/C18H15N5O2/c1-23(18(25)11-6-7-14-15(8-11)20-10-19-14)9-16-21-13-5-3-2-4-12(13)17(24)22-16/h2-8,10H,9H2,1H3,(H,19,20)(H,21,22,24). The Labute approximate surface area is 142 Å². The molecule has 25 heavy (non-hydrogen) atoms. The van der Waals surface area contributed by atoms with Crippen LogP contribution in [0.15, 0.2) is 53.6 Å². The van der Waals surface area contributed by atoms with Crippen LogP contribution in [0, 0.1) is 0 Å². The molecule has 7 heteroatoms. The van der Waals surface area contributed by atoms with E-state index in [-0.39, 0.29) is 18.0 Å². The van der Waals surface area contributed by atoms with Crippen LogP contribution >= 0.6 is 0 Å². The van der Waals surface area contributed by atoms with Crippen LogP contribution in [0.2, 0.25) is 0 Å². The Hall–Kier alpha value is -3.48. The van der Waals surface area contributed by atoms with Crippen LogP contribution in [-0.2, 0) is 6.54 Å². The molecule has 4 rings (SSSR count). The fraction of sp³-hybridized carbons (Fsp3) is 0.111. The quantitative estimate of drug-likeness (QED) is 0.600. The van der Waals surface area contributed by atoms with Crippen molar-refractivity contribution < 1.29 is 4.79 Å². The van der Waals surface area contributed by atoms with E-state index in [4.69, 9.17) is 0 Å². The summed E-state index contributed by atoms with van der Waals surface area (Å²) in [6.45, 7) is 0.208. The maximum atomic E-state index is 12.6. The van der Waals surface area contributed by atoms with E-state index in [9.17, 15) is 9.59 Å². The Bertz CT molecular complexity index is 1140. The van der Waals surface area contributed by atoms with Gasteiger partial charge >= 0.3 is 0 Å². The minimum absolute atomic E-state index is 0.160. The number of imidazole rings is 1. The zero-order valence-corrected chi connectivity index (χ0v) is 13.5. The van der Waals surface area contributed by atoms with E-state index in [2.05, 4.69) is 19.9 Å². The van der Waals surface area contributed by atoms with Crippen LogP contribution in [0.4, 0.5) is 0 Å². The molecule has 0 bridgehead atoms. The van der Waals surface area contributed by atoms with Gasteiger partial charge in [0, 0.05) is 12.6 Å². The van der Waals surface area contributed by atoms with Crippen molar-refractivity contribution in [1.82, 2.24) is 24.8 Å². The van der Waals surface area contributed by atoms with Gasteiger partial charge in [0.2, 0.25) is 0 Å². The summed E-state index contributed by atoms with van der Waals surface area (Å²) in [7, 11) is 1.68. The number of rotatable bonds is 3. The summed E-state index contributed by atoms with van der Waals surface area (Å²) in [6.07, 6.45) is 1.59. The van der Waals surface area contributed by atoms with Crippen molar-refractivity contribution in [3.05, 3.63) is 70.5 Å². The number of aromatic amines is 2. The molecule has 2 N–H and O–H groups in total. The van der Waals surface area contributed by atoms with Crippen molar-refractivity contribution in [2.45, 2.75) is 6.54 Å². The summed E-state index contributed by atoms with van der Waals surface area (Å²) in [5.41, 5.74) is 2.56. The third-order valence-corrected chi connectivity index (χ3v) is 4.06. The first-order chi connectivity index (χ1) is 12.1. The minimum atomic E-state index is -0.208. The van der Waals surface area contributed by atoms with Crippen molar-refractivity contribution in [3.63, 3.8) is 0 Å².